The van der Waals surface area contributed by atoms with Crippen molar-refractivity contribution >= 4 is 28.8 Å². The Hall–Kier alpha value is -3.34. The van der Waals surface area contributed by atoms with Crippen LogP contribution in [0.15, 0.2) is 36.5 Å². The van der Waals surface area contributed by atoms with Crippen LogP contribution in [-0.2, 0) is 6.54 Å². The van der Waals surface area contributed by atoms with Crippen molar-refractivity contribution in [2.24, 2.45) is 0 Å². The summed E-state index contributed by atoms with van der Waals surface area (Å²) in [6, 6.07) is 6.71. The molecule has 1 aromatic heterocycles. The van der Waals surface area contributed by atoms with E-state index in [4.69, 9.17) is 21.7 Å². The van der Waals surface area contributed by atoms with E-state index >= 15 is 0 Å². The third-order valence-corrected chi connectivity index (χ3v) is 4.22. The van der Waals surface area contributed by atoms with Gasteiger partial charge in [0.25, 0.3) is 0 Å². The Morgan fingerprint density at radius 1 is 0.967 bits per heavy atom. The summed E-state index contributed by atoms with van der Waals surface area (Å²) in [5.41, 5.74) is -0.186. The van der Waals surface area contributed by atoms with Gasteiger partial charge >= 0.3 is 0 Å². The molecule has 0 saturated heterocycles. The van der Waals surface area contributed by atoms with Gasteiger partial charge in [-0.05, 0) is 12.2 Å². The van der Waals surface area contributed by atoms with E-state index in [9.17, 15) is 17.6 Å². The summed E-state index contributed by atoms with van der Waals surface area (Å²) in [7, 11) is 3.02. The van der Waals surface area contributed by atoms with Crippen molar-refractivity contribution in [2.45, 2.75) is 6.54 Å². The summed E-state index contributed by atoms with van der Waals surface area (Å²) < 4.78 is 65.8. The van der Waals surface area contributed by atoms with Gasteiger partial charge in [0, 0.05) is 42.2 Å². The second kappa shape index (κ2) is 8.99. The Balaban J connectivity index is 1.70. The maximum atomic E-state index is 13.8. The predicted octanol–water partition coefficient (Wildman–Crippen LogP) is 4.31. The zero-order chi connectivity index (χ0) is 21.8. The summed E-state index contributed by atoms with van der Waals surface area (Å²) in [6.07, 6.45) is 1.38. The highest BCUT2D eigenvalue weighted by molar-refractivity contribution is 7.80. The lowest BCUT2D eigenvalue weighted by atomic mass is 10.2. The molecule has 0 aliphatic rings. The third kappa shape index (κ3) is 4.79. The minimum atomic E-state index is -1.48. The third-order valence-electron chi connectivity index (χ3n) is 4.01. The fraction of sp³-hybridized carbons (Fsp3) is 0.158. The van der Waals surface area contributed by atoms with E-state index < -0.39 is 35.4 Å². The van der Waals surface area contributed by atoms with Gasteiger partial charge in [0.05, 0.1) is 26.3 Å². The molecule has 0 radical (unpaired) electrons. The molecule has 3 rings (SSSR count). The van der Waals surface area contributed by atoms with Crippen molar-refractivity contribution < 1.29 is 27.0 Å². The zero-order valence-corrected chi connectivity index (χ0v) is 16.6. The van der Waals surface area contributed by atoms with Gasteiger partial charge in [-0.2, -0.15) is 5.10 Å². The highest BCUT2D eigenvalue weighted by atomic mass is 32.1. The number of benzene rings is 2. The molecule has 158 valence electrons. The second-order valence-electron chi connectivity index (χ2n) is 6.03. The zero-order valence-electron chi connectivity index (χ0n) is 15.8. The van der Waals surface area contributed by atoms with Gasteiger partial charge in [-0.25, -0.2) is 17.6 Å². The van der Waals surface area contributed by atoms with Crippen LogP contribution in [-0.4, -0.2) is 29.1 Å². The van der Waals surface area contributed by atoms with Crippen LogP contribution in [0.25, 0.3) is 0 Å². The van der Waals surface area contributed by atoms with Crippen molar-refractivity contribution in [3.05, 3.63) is 65.4 Å². The SMILES string of the molecule is COc1cc(NC(=S)Nc2ccn(Cc3c(F)c(F)cc(F)c3F)n2)cc(OC)c1. The van der Waals surface area contributed by atoms with Gasteiger partial charge in [0.2, 0.25) is 0 Å². The summed E-state index contributed by atoms with van der Waals surface area (Å²) in [5, 5.41) is 9.94. The molecule has 6 nitrogen and oxygen atoms in total. The first-order valence-electron chi connectivity index (χ1n) is 8.47. The van der Waals surface area contributed by atoms with Crippen LogP contribution in [0.1, 0.15) is 5.56 Å². The first-order valence-corrected chi connectivity index (χ1v) is 8.88. The molecule has 0 unspecified atom stereocenters. The molecule has 2 N–H and O–H groups in total. The number of anilines is 2. The first kappa shape index (κ1) is 21.4. The van der Waals surface area contributed by atoms with Crippen LogP contribution in [0.3, 0.4) is 0 Å². The van der Waals surface area contributed by atoms with E-state index in [0.29, 0.717) is 17.2 Å². The molecule has 0 saturated carbocycles. The molecule has 1 heterocycles. The standard InChI is InChI=1S/C19H16F4N4O2S/c1-28-11-5-10(6-12(7-11)29-2)24-19(30)25-16-3-4-27(26-16)9-13-17(22)14(20)8-15(21)18(13)23/h3-8H,9H2,1-2H3,(H2,24,25,26,30). The van der Waals surface area contributed by atoms with Crippen molar-refractivity contribution in [3.8, 4) is 11.5 Å². The molecule has 2 aromatic carbocycles. The van der Waals surface area contributed by atoms with Crippen LogP contribution >= 0.6 is 12.2 Å². The minimum absolute atomic E-state index is 0.155. The van der Waals surface area contributed by atoms with Gasteiger partial charge < -0.3 is 20.1 Å². The van der Waals surface area contributed by atoms with E-state index in [2.05, 4.69) is 15.7 Å². The number of nitrogens with zero attached hydrogens (tertiary/aromatic N) is 2. The van der Waals surface area contributed by atoms with E-state index in [1.54, 1.807) is 18.2 Å². The van der Waals surface area contributed by atoms with Crippen molar-refractivity contribution in [1.82, 2.24) is 9.78 Å². The monoisotopic (exact) mass is 440 g/mol. The average Bonchev–Trinajstić information content (AvgIpc) is 3.16. The van der Waals surface area contributed by atoms with E-state index in [0.717, 1.165) is 4.68 Å². The number of hydrogen-bond donors (Lipinski definition) is 2. The van der Waals surface area contributed by atoms with Crippen molar-refractivity contribution in [2.75, 3.05) is 24.9 Å². The fourth-order valence-corrected chi connectivity index (χ4v) is 2.82. The summed E-state index contributed by atoms with van der Waals surface area (Å²) in [4.78, 5) is 0. The molecule has 0 aliphatic carbocycles. The van der Waals surface area contributed by atoms with Crippen molar-refractivity contribution in [3.63, 3.8) is 0 Å². The Morgan fingerprint density at radius 3 is 2.13 bits per heavy atom. The molecule has 0 spiro atoms. The lowest BCUT2D eigenvalue weighted by molar-refractivity contribution is 0.395. The molecule has 3 aromatic rings. The van der Waals surface area contributed by atoms with Crippen LogP contribution < -0.4 is 20.1 Å². The highest BCUT2D eigenvalue weighted by Crippen LogP contribution is 2.26. The molecule has 0 bridgehead atoms. The Morgan fingerprint density at radius 2 is 1.57 bits per heavy atom. The number of hydrogen-bond acceptors (Lipinski definition) is 4. The second-order valence-corrected chi connectivity index (χ2v) is 6.43. The summed E-state index contributed by atoms with van der Waals surface area (Å²) in [6.45, 7) is -0.513. The maximum Gasteiger partial charge on any atom is 0.176 e. The normalized spacial score (nSPS) is 10.6. The first-order chi connectivity index (χ1) is 14.3. The lowest BCUT2D eigenvalue weighted by Crippen LogP contribution is -2.19. The van der Waals surface area contributed by atoms with E-state index in [-0.39, 0.29) is 17.0 Å². The maximum absolute atomic E-state index is 13.8. The number of rotatable bonds is 6. The Kier molecular flexibility index (Phi) is 6.40. The number of nitrogens with one attached hydrogen (secondary N) is 2. The molecule has 0 aliphatic heterocycles. The molecule has 0 amide bonds. The molecular formula is C19H16F4N4O2S. The van der Waals surface area contributed by atoms with Gasteiger partial charge in [-0.15, -0.1) is 0 Å². The molecular weight excluding hydrogens is 424 g/mol. The highest BCUT2D eigenvalue weighted by Gasteiger charge is 2.19. The average molecular weight is 440 g/mol. The number of aromatic nitrogens is 2. The molecule has 30 heavy (non-hydrogen) atoms. The minimum Gasteiger partial charge on any atom is -0.497 e. The van der Waals surface area contributed by atoms with E-state index in [1.165, 1.54) is 26.5 Å². The lowest BCUT2D eigenvalue weighted by Gasteiger charge is -2.12. The van der Waals surface area contributed by atoms with E-state index in [1.807, 2.05) is 0 Å². The van der Waals surface area contributed by atoms with Crippen LogP contribution in [0, 0.1) is 23.3 Å². The molecule has 0 fully saturated rings. The fourth-order valence-electron chi connectivity index (χ4n) is 2.60. The number of methoxy groups -OCH3 is 2. The number of ether oxygens (including phenoxy) is 2. The molecule has 0 atom stereocenters. The smallest absolute Gasteiger partial charge is 0.176 e. The van der Waals surface area contributed by atoms with Gasteiger partial charge in [-0.3, -0.25) is 4.68 Å². The van der Waals surface area contributed by atoms with Crippen LogP contribution in [0.5, 0.6) is 11.5 Å². The predicted molar refractivity (Wildman–Crippen MR) is 107 cm³/mol. The largest absolute Gasteiger partial charge is 0.497 e. The van der Waals surface area contributed by atoms with Crippen LogP contribution in [0.4, 0.5) is 29.1 Å². The Labute approximate surface area is 174 Å². The van der Waals surface area contributed by atoms with Gasteiger partial charge in [0.1, 0.15) is 11.5 Å². The van der Waals surface area contributed by atoms with Crippen molar-refractivity contribution in [1.29, 1.82) is 0 Å². The van der Waals surface area contributed by atoms with Crippen LogP contribution in [0.2, 0.25) is 0 Å². The number of thiocarbonyl (C=S) groups is 1. The molecule has 11 heteroatoms. The van der Waals surface area contributed by atoms with Gasteiger partial charge in [-0.1, -0.05) is 0 Å². The summed E-state index contributed by atoms with van der Waals surface area (Å²) >= 11 is 5.22. The topological polar surface area (TPSA) is 60.3 Å². The van der Waals surface area contributed by atoms with Gasteiger partial charge in [0.15, 0.2) is 34.2 Å². The number of halogens is 4. The quantitative estimate of drug-likeness (QED) is 0.338. The Bertz CT molecular complexity index is 1040. The summed E-state index contributed by atoms with van der Waals surface area (Å²) in [5.74, 6) is -4.54.